The van der Waals surface area contributed by atoms with Crippen molar-refractivity contribution in [2.24, 2.45) is 5.73 Å². The zero-order chi connectivity index (χ0) is 37.0. The van der Waals surface area contributed by atoms with Crippen molar-refractivity contribution in [1.82, 2.24) is 44.5 Å². The molecule has 2 amide bonds. The summed E-state index contributed by atoms with van der Waals surface area (Å²) in [6, 6.07) is 34.3. The van der Waals surface area contributed by atoms with Crippen LogP contribution in [0.4, 0.5) is 11.9 Å². The van der Waals surface area contributed by atoms with Crippen molar-refractivity contribution in [3.63, 3.8) is 0 Å². The molecule has 5 N–H and O–H groups in total. The van der Waals surface area contributed by atoms with Crippen molar-refractivity contribution in [3.8, 4) is 22.8 Å². The van der Waals surface area contributed by atoms with Crippen LogP contribution in [-0.4, -0.2) is 69.6 Å². The molecule has 9 rings (SSSR count). The number of benzene rings is 4. The van der Waals surface area contributed by atoms with E-state index >= 15 is 0 Å². The zero-order valence-corrected chi connectivity index (χ0v) is 29.6. The van der Waals surface area contributed by atoms with Crippen LogP contribution in [-0.2, 0) is 9.59 Å². The van der Waals surface area contributed by atoms with Crippen LogP contribution < -0.4 is 21.7 Å². The molecule has 14 heteroatoms. The molecule has 0 unspecified atom stereocenters. The molecule has 5 heterocycles. The first-order valence-corrected chi connectivity index (χ1v) is 18.0. The second-order valence-corrected chi connectivity index (χ2v) is 13.0. The standard InChI is InChI=1S/C21H20N6O.C19H18N6O/c28-20-17(12-6-7-13-22-20)24-21-23-16-11-5-4-10-15(16)19-25-18(26-27(19)21)14-8-2-1-3-9-14;1-2-14(16(20)26)21-19-22-15-11-7-6-10-13(15)18-23-17(24-25(18)19)12-8-4-3-5-9-12/h1-5,8-11,17H,6-7,12-13H2,(H,22,28)(H,23,24);3-11,14H,2H2,1H3,(H2,20,26)(H,21,22)/t17-;14-/m11/s1. The van der Waals surface area contributed by atoms with Gasteiger partial charge < -0.3 is 21.7 Å². The average molecular weight is 719 g/mol. The van der Waals surface area contributed by atoms with Crippen LogP contribution in [0, 0.1) is 0 Å². The van der Waals surface area contributed by atoms with Gasteiger partial charge in [-0.2, -0.15) is 9.03 Å². The molecule has 1 aliphatic heterocycles. The number of nitrogens with zero attached hydrogens (tertiary/aromatic N) is 8. The molecule has 1 fully saturated rings. The first kappa shape index (κ1) is 34.1. The molecule has 0 saturated carbocycles. The molecule has 270 valence electrons. The second kappa shape index (κ2) is 14.9. The summed E-state index contributed by atoms with van der Waals surface area (Å²) in [6.45, 7) is 2.61. The van der Waals surface area contributed by atoms with Crippen LogP contribution >= 0.6 is 0 Å². The number of nitrogens with one attached hydrogen (secondary N) is 3. The van der Waals surface area contributed by atoms with Gasteiger partial charge in [-0.3, -0.25) is 9.59 Å². The zero-order valence-electron chi connectivity index (χ0n) is 29.6. The topological polar surface area (TPSA) is 182 Å². The van der Waals surface area contributed by atoms with Crippen molar-refractivity contribution >= 4 is 56.8 Å². The van der Waals surface area contributed by atoms with E-state index in [1.54, 1.807) is 9.03 Å². The van der Waals surface area contributed by atoms with Gasteiger partial charge in [0.25, 0.3) is 0 Å². The molecule has 8 aromatic rings. The average Bonchev–Trinajstić information content (AvgIpc) is 3.82. The van der Waals surface area contributed by atoms with Gasteiger partial charge in [0.1, 0.15) is 12.1 Å². The molecular weight excluding hydrogens is 681 g/mol. The Balaban J connectivity index is 0.000000154. The Morgan fingerprint density at radius 3 is 1.81 bits per heavy atom. The number of carbonyl (C=O) groups is 2. The molecule has 1 saturated heterocycles. The minimum Gasteiger partial charge on any atom is -0.368 e. The number of anilines is 2. The largest absolute Gasteiger partial charge is 0.368 e. The summed E-state index contributed by atoms with van der Waals surface area (Å²) in [6.07, 6.45) is 3.29. The Hall–Kier alpha value is -6.96. The van der Waals surface area contributed by atoms with Crippen LogP contribution in [0.5, 0.6) is 0 Å². The quantitative estimate of drug-likeness (QED) is 0.153. The lowest BCUT2D eigenvalue weighted by Gasteiger charge is -2.16. The number of nitrogens with two attached hydrogens (primary N) is 1. The Morgan fingerprint density at radius 1 is 0.741 bits per heavy atom. The van der Waals surface area contributed by atoms with Crippen molar-refractivity contribution in [2.45, 2.75) is 44.7 Å². The highest BCUT2D eigenvalue weighted by molar-refractivity contribution is 5.94. The van der Waals surface area contributed by atoms with Crippen molar-refractivity contribution in [3.05, 3.63) is 109 Å². The van der Waals surface area contributed by atoms with E-state index in [0.717, 1.165) is 64.4 Å². The molecule has 4 aromatic carbocycles. The highest BCUT2D eigenvalue weighted by Crippen LogP contribution is 2.26. The Bertz CT molecular complexity index is 2610. The fourth-order valence-electron chi connectivity index (χ4n) is 6.48. The maximum absolute atomic E-state index is 12.4. The number of rotatable bonds is 8. The number of para-hydroxylation sites is 2. The fourth-order valence-corrected chi connectivity index (χ4v) is 6.48. The number of fused-ring (bicyclic) bond motifs is 6. The third-order valence-electron chi connectivity index (χ3n) is 9.32. The maximum Gasteiger partial charge on any atom is 0.242 e. The summed E-state index contributed by atoms with van der Waals surface area (Å²) in [7, 11) is 0. The van der Waals surface area contributed by atoms with Gasteiger partial charge >= 0.3 is 0 Å². The maximum atomic E-state index is 12.4. The summed E-state index contributed by atoms with van der Waals surface area (Å²) < 4.78 is 3.35. The lowest BCUT2D eigenvalue weighted by atomic mass is 10.1. The van der Waals surface area contributed by atoms with E-state index in [1.165, 1.54) is 0 Å². The van der Waals surface area contributed by atoms with Crippen LogP contribution in [0.2, 0.25) is 0 Å². The number of aromatic nitrogens is 8. The van der Waals surface area contributed by atoms with Crippen molar-refractivity contribution < 1.29 is 9.59 Å². The van der Waals surface area contributed by atoms with Crippen LogP contribution in [0.1, 0.15) is 32.6 Å². The third-order valence-corrected chi connectivity index (χ3v) is 9.32. The van der Waals surface area contributed by atoms with Gasteiger partial charge in [0, 0.05) is 28.4 Å². The lowest BCUT2D eigenvalue weighted by molar-refractivity contribution is -0.121. The van der Waals surface area contributed by atoms with E-state index in [0.29, 0.717) is 35.6 Å². The first-order valence-electron chi connectivity index (χ1n) is 18.0. The number of hydrogen-bond donors (Lipinski definition) is 4. The Kier molecular flexibility index (Phi) is 9.45. The van der Waals surface area contributed by atoms with E-state index in [2.05, 4.69) is 26.0 Å². The minimum atomic E-state index is -0.531. The number of carbonyl (C=O) groups excluding carboxylic acids is 2. The van der Waals surface area contributed by atoms with Gasteiger partial charge in [0.2, 0.25) is 23.7 Å². The van der Waals surface area contributed by atoms with Gasteiger partial charge in [0.05, 0.1) is 11.0 Å². The predicted octanol–water partition coefficient (Wildman–Crippen LogP) is 5.65. The van der Waals surface area contributed by atoms with Gasteiger partial charge in [-0.15, -0.1) is 10.2 Å². The van der Waals surface area contributed by atoms with Crippen LogP contribution in [0.25, 0.3) is 55.9 Å². The number of hydrogen-bond acceptors (Lipinski definition) is 10. The second-order valence-electron chi connectivity index (χ2n) is 13.0. The van der Waals surface area contributed by atoms with Crippen LogP contribution in [0.3, 0.4) is 0 Å². The van der Waals surface area contributed by atoms with E-state index in [1.807, 2.05) is 116 Å². The Morgan fingerprint density at radius 2 is 1.26 bits per heavy atom. The molecule has 14 nitrogen and oxygen atoms in total. The van der Waals surface area contributed by atoms with E-state index < -0.39 is 11.9 Å². The highest BCUT2D eigenvalue weighted by atomic mass is 16.2. The number of primary amides is 1. The summed E-state index contributed by atoms with van der Waals surface area (Å²) >= 11 is 0. The van der Waals surface area contributed by atoms with E-state index in [4.69, 9.17) is 25.8 Å². The van der Waals surface area contributed by atoms with E-state index in [9.17, 15) is 9.59 Å². The summed E-state index contributed by atoms with van der Waals surface area (Å²) in [4.78, 5) is 42.9. The fraction of sp³-hybridized carbons (Fsp3) is 0.200. The third kappa shape index (κ3) is 6.84. The Labute approximate surface area is 309 Å². The van der Waals surface area contributed by atoms with Crippen molar-refractivity contribution in [1.29, 1.82) is 0 Å². The van der Waals surface area contributed by atoms with Crippen molar-refractivity contribution in [2.75, 3.05) is 17.2 Å². The molecule has 1 aliphatic rings. The van der Waals surface area contributed by atoms with Gasteiger partial charge in [-0.05, 0) is 49.9 Å². The van der Waals surface area contributed by atoms with Gasteiger partial charge in [-0.1, -0.05) is 91.9 Å². The normalized spacial score (nSPS) is 15.0. The van der Waals surface area contributed by atoms with E-state index in [-0.39, 0.29) is 11.9 Å². The summed E-state index contributed by atoms with van der Waals surface area (Å²) in [5.41, 5.74) is 10.3. The van der Waals surface area contributed by atoms with Gasteiger partial charge in [-0.25, -0.2) is 19.9 Å². The predicted molar refractivity (Wildman–Crippen MR) is 209 cm³/mol. The van der Waals surface area contributed by atoms with Crippen LogP contribution in [0.15, 0.2) is 109 Å². The SMILES string of the molecule is CC[C@@H](Nc1nc2ccccc2c2nc(-c3ccccc3)nn12)C(N)=O.O=C1NCCCC[C@H]1Nc1nc2ccccc2c2nc(-c3ccccc3)nn12. The molecule has 0 radical (unpaired) electrons. The smallest absolute Gasteiger partial charge is 0.242 e. The number of amides is 2. The molecule has 0 aliphatic carbocycles. The molecular formula is C40H38N12O2. The monoisotopic (exact) mass is 718 g/mol. The molecule has 4 aromatic heterocycles. The minimum absolute atomic E-state index is 0.00371. The molecule has 54 heavy (non-hydrogen) atoms. The summed E-state index contributed by atoms with van der Waals surface area (Å²) in [5, 5.41) is 20.5. The highest BCUT2D eigenvalue weighted by Gasteiger charge is 2.24. The molecule has 0 bridgehead atoms. The molecule has 2 atom stereocenters. The summed E-state index contributed by atoms with van der Waals surface area (Å²) in [5.74, 6) is 1.78. The van der Waals surface area contributed by atoms with Gasteiger partial charge in [0.15, 0.2) is 22.9 Å². The lowest BCUT2D eigenvalue weighted by Crippen LogP contribution is -2.38. The molecule has 0 spiro atoms. The first-order chi connectivity index (χ1) is 26.5.